The number of fused-ring (bicyclic) bond motifs is 1. The van der Waals surface area contributed by atoms with Gasteiger partial charge in [-0.3, -0.25) is 4.79 Å². The number of halogens is 1. The number of benzene rings is 1. The molecule has 0 radical (unpaired) electrons. The van der Waals surface area contributed by atoms with Gasteiger partial charge in [-0.25, -0.2) is 4.39 Å². The topological polar surface area (TPSA) is 58.6 Å². The number of nitrogens with one attached hydrogen (secondary N) is 1. The number of carbonyl (C=O) groups is 1. The maximum atomic E-state index is 14.4. The first-order chi connectivity index (χ1) is 10.3. The molecule has 120 valence electrons. The van der Waals surface area contributed by atoms with E-state index in [4.69, 9.17) is 4.65 Å². The Labute approximate surface area is 131 Å². The Morgan fingerprint density at radius 1 is 1.50 bits per heavy atom. The summed E-state index contributed by atoms with van der Waals surface area (Å²) in [5.41, 5.74) is 0.688. The zero-order valence-corrected chi connectivity index (χ0v) is 13.6. The molecule has 1 amide bonds. The van der Waals surface area contributed by atoms with Crippen LogP contribution in [0.4, 0.5) is 4.39 Å². The van der Waals surface area contributed by atoms with Crippen molar-refractivity contribution in [2.24, 2.45) is 11.3 Å². The van der Waals surface area contributed by atoms with Gasteiger partial charge >= 0.3 is 7.12 Å². The van der Waals surface area contributed by atoms with Gasteiger partial charge in [-0.2, -0.15) is 0 Å². The molecule has 0 unspecified atom stereocenters. The van der Waals surface area contributed by atoms with Crippen LogP contribution in [0.1, 0.15) is 50.0 Å². The molecule has 6 heteroatoms. The SMILES string of the molecule is CC[C@@H](CNC(=O)c1ccc2c(c1F)B(O)OC2)C(C)(C)C. The van der Waals surface area contributed by atoms with Gasteiger partial charge in [0.05, 0.1) is 12.2 Å². The fraction of sp³-hybridized carbons (Fsp3) is 0.562. The van der Waals surface area contributed by atoms with E-state index >= 15 is 0 Å². The fourth-order valence-corrected chi connectivity index (χ4v) is 2.83. The standard InChI is InChI=1S/C16H23BFNO3/c1-5-11(16(2,3)4)8-19-15(20)12-7-6-10-9-22-17(21)13(10)14(12)18/h6-7,11,21H,5,8-9H2,1-4H3,(H,19,20)/t11-/m0/s1. The van der Waals surface area contributed by atoms with Crippen molar-refractivity contribution in [3.8, 4) is 0 Å². The summed E-state index contributed by atoms with van der Waals surface area (Å²) in [4.78, 5) is 12.2. The highest BCUT2D eigenvalue weighted by Crippen LogP contribution is 2.27. The molecule has 2 rings (SSSR count). The van der Waals surface area contributed by atoms with Crippen molar-refractivity contribution in [3.05, 3.63) is 29.1 Å². The Kier molecular flexibility index (Phi) is 4.92. The van der Waals surface area contributed by atoms with Crippen molar-refractivity contribution in [2.75, 3.05) is 6.54 Å². The van der Waals surface area contributed by atoms with E-state index in [1.54, 1.807) is 6.07 Å². The number of amides is 1. The molecule has 0 bridgehead atoms. The van der Waals surface area contributed by atoms with E-state index in [0.29, 0.717) is 18.0 Å². The number of hydrogen-bond donors (Lipinski definition) is 2. The quantitative estimate of drug-likeness (QED) is 0.835. The summed E-state index contributed by atoms with van der Waals surface area (Å²) in [5.74, 6) is -0.839. The molecule has 0 fully saturated rings. The third kappa shape index (κ3) is 3.33. The molecule has 0 aliphatic carbocycles. The van der Waals surface area contributed by atoms with Crippen molar-refractivity contribution in [1.82, 2.24) is 5.32 Å². The molecular weight excluding hydrogens is 284 g/mol. The highest BCUT2D eigenvalue weighted by Gasteiger charge is 2.33. The molecule has 1 heterocycles. The minimum atomic E-state index is -1.29. The number of hydrogen-bond acceptors (Lipinski definition) is 3. The smallest absolute Gasteiger partial charge is 0.423 e. The second kappa shape index (κ2) is 6.38. The van der Waals surface area contributed by atoms with Gasteiger partial charge in [-0.05, 0) is 23.0 Å². The zero-order valence-electron chi connectivity index (χ0n) is 13.6. The van der Waals surface area contributed by atoms with Crippen LogP contribution < -0.4 is 10.8 Å². The Balaban J connectivity index is 2.13. The van der Waals surface area contributed by atoms with Crippen LogP contribution in [0.3, 0.4) is 0 Å². The molecule has 4 nitrogen and oxygen atoms in total. The van der Waals surface area contributed by atoms with Gasteiger partial charge in [-0.15, -0.1) is 0 Å². The summed E-state index contributed by atoms with van der Waals surface area (Å²) in [6.07, 6.45) is 0.934. The lowest BCUT2D eigenvalue weighted by Crippen LogP contribution is -2.37. The van der Waals surface area contributed by atoms with E-state index in [9.17, 15) is 14.2 Å². The molecule has 1 aliphatic heterocycles. The average Bonchev–Trinajstić information content (AvgIpc) is 2.80. The first-order valence-electron chi connectivity index (χ1n) is 7.64. The summed E-state index contributed by atoms with van der Waals surface area (Å²) >= 11 is 0. The highest BCUT2D eigenvalue weighted by atomic mass is 19.1. The van der Waals surface area contributed by atoms with Crippen LogP contribution in [0.15, 0.2) is 12.1 Å². The lowest BCUT2D eigenvalue weighted by molar-refractivity contribution is 0.0928. The van der Waals surface area contributed by atoms with Gasteiger partial charge in [0, 0.05) is 12.0 Å². The van der Waals surface area contributed by atoms with Gasteiger partial charge < -0.3 is 15.0 Å². The van der Waals surface area contributed by atoms with Crippen molar-refractivity contribution in [3.63, 3.8) is 0 Å². The van der Waals surface area contributed by atoms with Gasteiger partial charge in [0.25, 0.3) is 5.91 Å². The maximum absolute atomic E-state index is 14.4. The summed E-state index contributed by atoms with van der Waals surface area (Å²) in [6, 6.07) is 3.08. The Morgan fingerprint density at radius 3 is 2.77 bits per heavy atom. The van der Waals surface area contributed by atoms with Crippen LogP contribution >= 0.6 is 0 Å². The van der Waals surface area contributed by atoms with Gasteiger partial charge in [0.1, 0.15) is 5.82 Å². The maximum Gasteiger partial charge on any atom is 0.494 e. The summed E-state index contributed by atoms with van der Waals surface area (Å²) < 4.78 is 19.4. The molecule has 0 saturated carbocycles. The minimum absolute atomic E-state index is 0.0490. The van der Waals surface area contributed by atoms with Crippen LogP contribution in [-0.2, 0) is 11.3 Å². The summed E-state index contributed by atoms with van der Waals surface area (Å²) in [6.45, 7) is 9.10. The van der Waals surface area contributed by atoms with Crippen LogP contribution in [0.5, 0.6) is 0 Å². The molecule has 0 spiro atoms. The monoisotopic (exact) mass is 307 g/mol. The van der Waals surface area contributed by atoms with E-state index in [-0.39, 0.29) is 23.0 Å². The number of carbonyl (C=O) groups excluding carboxylic acids is 1. The van der Waals surface area contributed by atoms with E-state index in [1.807, 2.05) is 0 Å². The molecule has 22 heavy (non-hydrogen) atoms. The second-order valence-corrected chi connectivity index (χ2v) is 6.84. The third-order valence-electron chi connectivity index (χ3n) is 4.38. The fourth-order valence-electron chi connectivity index (χ4n) is 2.83. The normalized spacial score (nSPS) is 15.6. The van der Waals surface area contributed by atoms with Gasteiger partial charge in [0.15, 0.2) is 0 Å². The minimum Gasteiger partial charge on any atom is -0.423 e. The van der Waals surface area contributed by atoms with Crippen molar-refractivity contribution < 1.29 is 18.9 Å². The van der Waals surface area contributed by atoms with Crippen LogP contribution in [0.25, 0.3) is 0 Å². The molecule has 1 aliphatic rings. The Bertz CT molecular complexity index is 571. The van der Waals surface area contributed by atoms with Gasteiger partial charge in [-0.1, -0.05) is 40.2 Å². The van der Waals surface area contributed by atoms with E-state index < -0.39 is 18.8 Å². The van der Waals surface area contributed by atoms with Crippen molar-refractivity contribution >= 4 is 18.5 Å². The predicted molar refractivity (Wildman–Crippen MR) is 84.4 cm³/mol. The average molecular weight is 307 g/mol. The van der Waals surface area contributed by atoms with Crippen LogP contribution in [0, 0.1) is 17.2 Å². The molecular formula is C16H23BFNO3. The summed E-state index contributed by atoms with van der Waals surface area (Å²) in [5, 5.41) is 12.4. The van der Waals surface area contributed by atoms with Gasteiger partial charge in [0.2, 0.25) is 0 Å². The first-order valence-corrected chi connectivity index (χ1v) is 7.64. The molecule has 1 atom stereocenters. The molecule has 0 saturated heterocycles. The molecule has 1 aromatic rings. The first kappa shape index (κ1) is 17.0. The van der Waals surface area contributed by atoms with Crippen LogP contribution in [0.2, 0.25) is 0 Å². The zero-order chi connectivity index (χ0) is 16.5. The second-order valence-electron chi connectivity index (χ2n) is 6.84. The molecule has 1 aromatic carbocycles. The Hall–Kier alpha value is -1.40. The van der Waals surface area contributed by atoms with Crippen molar-refractivity contribution in [2.45, 2.75) is 40.7 Å². The predicted octanol–water partition coefficient (Wildman–Crippen LogP) is 1.85. The van der Waals surface area contributed by atoms with Crippen molar-refractivity contribution in [1.29, 1.82) is 0 Å². The molecule has 2 N–H and O–H groups in total. The van der Waals surface area contributed by atoms with E-state index in [2.05, 4.69) is 33.0 Å². The molecule has 0 aromatic heterocycles. The van der Waals surface area contributed by atoms with E-state index in [1.165, 1.54) is 6.07 Å². The lowest BCUT2D eigenvalue weighted by atomic mass is 9.78. The largest absolute Gasteiger partial charge is 0.494 e. The van der Waals surface area contributed by atoms with Crippen LogP contribution in [-0.4, -0.2) is 24.6 Å². The highest BCUT2D eigenvalue weighted by molar-refractivity contribution is 6.61. The number of rotatable bonds is 4. The Morgan fingerprint density at radius 2 is 2.18 bits per heavy atom. The summed E-state index contributed by atoms with van der Waals surface area (Å²) in [7, 11) is -1.29. The lowest BCUT2D eigenvalue weighted by Gasteiger charge is -2.30. The third-order valence-corrected chi connectivity index (χ3v) is 4.38. The van der Waals surface area contributed by atoms with E-state index in [0.717, 1.165) is 6.42 Å².